The molecule has 0 spiro atoms. The third kappa shape index (κ3) is 5.90. The van der Waals surface area contributed by atoms with Gasteiger partial charge in [-0.25, -0.2) is 4.98 Å². The van der Waals surface area contributed by atoms with Crippen LogP contribution in [-0.2, 0) is 4.79 Å². The molecular weight excluding hydrogens is 512 g/mol. The summed E-state index contributed by atoms with van der Waals surface area (Å²) in [5.74, 6) is 1.67. The second kappa shape index (κ2) is 11.9. The molecule has 3 heterocycles. The van der Waals surface area contributed by atoms with Crippen molar-refractivity contribution in [1.82, 2.24) is 19.4 Å². The molecule has 4 aromatic rings. The summed E-state index contributed by atoms with van der Waals surface area (Å²) in [6, 6.07) is 8.85. The van der Waals surface area contributed by atoms with E-state index in [0.29, 0.717) is 41.2 Å². The molecule has 208 valence electrons. The molecule has 2 amide bonds. The maximum atomic E-state index is 12.7. The maximum Gasteiger partial charge on any atom is 0.256 e. The number of nitrogens with two attached hydrogens (primary N) is 1. The monoisotopic (exact) mass is 544 g/mol. The Hall–Kier alpha value is -4.87. The van der Waals surface area contributed by atoms with Crippen LogP contribution in [0.25, 0.3) is 5.65 Å². The zero-order valence-electron chi connectivity index (χ0n) is 22.4. The largest absolute Gasteiger partial charge is 0.497 e. The predicted molar refractivity (Wildman–Crippen MR) is 151 cm³/mol. The Kier molecular flexibility index (Phi) is 7.94. The number of imidazole rings is 1. The fourth-order valence-electron chi connectivity index (χ4n) is 4.98. The highest BCUT2D eigenvalue weighted by Crippen LogP contribution is 2.32. The Morgan fingerprint density at radius 3 is 2.35 bits per heavy atom. The molecule has 1 aliphatic carbocycles. The van der Waals surface area contributed by atoms with E-state index in [2.05, 4.69) is 25.9 Å². The van der Waals surface area contributed by atoms with Crippen molar-refractivity contribution in [2.24, 2.45) is 17.6 Å². The highest BCUT2D eigenvalue weighted by atomic mass is 16.5. The molecule has 0 saturated heterocycles. The van der Waals surface area contributed by atoms with Crippen molar-refractivity contribution in [3.8, 4) is 11.5 Å². The van der Waals surface area contributed by atoms with Crippen LogP contribution in [0, 0.1) is 11.8 Å². The number of pyridine rings is 1. The lowest BCUT2D eigenvalue weighted by atomic mass is 9.81. The van der Waals surface area contributed by atoms with Gasteiger partial charge in [0.15, 0.2) is 11.5 Å². The van der Waals surface area contributed by atoms with Gasteiger partial charge in [0, 0.05) is 66.8 Å². The number of ether oxygens (including phenoxy) is 2. The highest BCUT2D eigenvalue weighted by Gasteiger charge is 2.27. The summed E-state index contributed by atoms with van der Waals surface area (Å²) in [5, 5.41) is 9.60. The average molecular weight is 545 g/mol. The lowest BCUT2D eigenvalue weighted by Crippen LogP contribution is -2.29. The molecule has 0 radical (unpaired) electrons. The predicted octanol–water partition coefficient (Wildman–Crippen LogP) is 3.84. The van der Waals surface area contributed by atoms with Gasteiger partial charge in [-0.15, -0.1) is 0 Å². The van der Waals surface area contributed by atoms with E-state index < -0.39 is 5.91 Å². The zero-order valence-corrected chi connectivity index (χ0v) is 22.4. The number of primary amides is 1. The van der Waals surface area contributed by atoms with Crippen LogP contribution >= 0.6 is 0 Å². The first-order chi connectivity index (χ1) is 19.4. The number of amides is 2. The number of nitrogens with zero attached hydrogens (tertiary/aromatic N) is 4. The molecule has 12 heteroatoms. The van der Waals surface area contributed by atoms with Gasteiger partial charge < -0.3 is 31.2 Å². The number of anilines is 4. The van der Waals surface area contributed by atoms with E-state index >= 15 is 0 Å². The minimum Gasteiger partial charge on any atom is -0.497 e. The summed E-state index contributed by atoms with van der Waals surface area (Å²) in [6.45, 7) is 0.654. The van der Waals surface area contributed by atoms with Crippen LogP contribution in [0.5, 0.6) is 11.5 Å². The normalized spacial score (nSPS) is 16.8. The fraction of sp³-hybridized carbons (Fsp3) is 0.321. The SMILES string of the molecule is COc1cc(Nc2nc(NCC3CCC(C(=O)Nc4ccncc4)CC3)n3ccnc3c2C(N)=O)cc(OC)c1. The third-order valence-electron chi connectivity index (χ3n) is 7.12. The second-order valence-electron chi connectivity index (χ2n) is 9.69. The van der Waals surface area contributed by atoms with Gasteiger partial charge in [0.1, 0.15) is 17.1 Å². The van der Waals surface area contributed by atoms with Gasteiger partial charge in [-0.2, -0.15) is 4.98 Å². The van der Waals surface area contributed by atoms with Crippen LogP contribution in [0.15, 0.2) is 55.1 Å². The van der Waals surface area contributed by atoms with Crippen molar-refractivity contribution in [3.63, 3.8) is 0 Å². The number of benzene rings is 1. The van der Waals surface area contributed by atoms with Crippen molar-refractivity contribution in [2.45, 2.75) is 25.7 Å². The second-order valence-corrected chi connectivity index (χ2v) is 9.69. The van der Waals surface area contributed by atoms with Crippen molar-refractivity contribution < 1.29 is 19.1 Å². The molecule has 1 aliphatic rings. The Morgan fingerprint density at radius 2 is 1.70 bits per heavy atom. The molecular formula is C28H32N8O4. The van der Waals surface area contributed by atoms with Crippen LogP contribution in [0.1, 0.15) is 36.0 Å². The topological polar surface area (TPSA) is 158 Å². The molecule has 0 unspecified atom stereocenters. The smallest absolute Gasteiger partial charge is 0.256 e. The van der Waals surface area contributed by atoms with E-state index in [9.17, 15) is 9.59 Å². The number of aromatic nitrogens is 4. The molecule has 1 saturated carbocycles. The number of methoxy groups -OCH3 is 2. The quantitative estimate of drug-likeness (QED) is 0.233. The zero-order chi connectivity index (χ0) is 28.1. The van der Waals surface area contributed by atoms with Crippen LogP contribution < -0.4 is 31.2 Å². The molecule has 1 aromatic carbocycles. The number of carbonyl (C=O) groups excluding carboxylic acids is 2. The fourth-order valence-corrected chi connectivity index (χ4v) is 4.98. The van der Waals surface area contributed by atoms with E-state index in [4.69, 9.17) is 20.2 Å². The maximum absolute atomic E-state index is 12.7. The Balaban J connectivity index is 1.30. The lowest BCUT2D eigenvalue weighted by Gasteiger charge is -2.28. The molecule has 1 fully saturated rings. The van der Waals surface area contributed by atoms with Gasteiger partial charge >= 0.3 is 0 Å². The van der Waals surface area contributed by atoms with E-state index in [0.717, 1.165) is 31.4 Å². The first-order valence-electron chi connectivity index (χ1n) is 13.1. The molecule has 3 aromatic heterocycles. The summed E-state index contributed by atoms with van der Waals surface area (Å²) in [4.78, 5) is 38.2. The molecule has 5 rings (SSSR count). The summed E-state index contributed by atoms with van der Waals surface area (Å²) in [7, 11) is 3.12. The van der Waals surface area contributed by atoms with Crippen LogP contribution in [0.2, 0.25) is 0 Å². The number of hydrogen-bond acceptors (Lipinski definition) is 9. The highest BCUT2D eigenvalue weighted by molar-refractivity contribution is 6.04. The molecule has 12 nitrogen and oxygen atoms in total. The average Bonchev–Trinajstić information content (AvgIpc) is 3.46. The molecule has 0 aliphatic heterocycles. The van der Waals surface area contributed by atoms with Gasteiger partial charge in [0.25, 0.3) is 5.91 Å². The van der Waals surface area contributed by atoms with Gasteiger partial charge in [-0.1, -0.05) is 0 Å². The van der Waals surface area contributed by atoms with Gasteiger partial charge in [0.05, 0.1) is 14.2 Å². The first kappa shape index (κ1) is 26.7. The molecule has 0 atom stereocenters. The number of carbonyl (C=O) groups is 2. The minimum atomic E-state index is -0.657. The Labute approximate surface area is 231 Å². The Morgan fingerprint density at radius 1 is 1.00 bits per heavy atom. The number of nitrogens with one attached hydrogen (secondary N) is 3. The Bertz CT molecular complexity index is 1480. The standard InChI is InChI=1S/C28H32N8O4/c1-39-21-13-20(14-22(15-21)40-2)33-25-23(24(29)37)26-31-11-12-36(26)28(35-25)32-16-17-3-5-18(6-4-17)27(38)34-19-7-9-30-10-8-19/h7-15,17-18,33H,3-6,16H2,1-2H3,(H2,29,37)(H,32,35)(H,30,34,38). The number of fused-ring (bicyclic) bond motifs is 1. The number of rotatable bonds is 10. The van der Waals surface area contributed by atoms with Crippen LogP contribution in [0.4, 0.5) is 23.1 Å². The van der Waals surface area contributed by atoms with Crippen molar-refractivity contribution in [3.05, 3.63) is 60.7 Å². The first-order valence-corrected chi connectivity index (χ1v) is 13.1. The van der Waals surface area contributed by atoms with E-state index in [1.54, 1.807) is 73.7 Å². The minimum absolute atomic E-state index is 0.0200. The van der Waals surface area contributed by atoms with Gasteiger partial charge in [-0.3, -0.25) is 19.0 Å². The van der Waals surface area contributed by atoms with E-state index in [1.165, 1.54) is 0 Å². The van der Waals surface area contributed by atoms with E-state index in [-0.39, 0.29) is 23.2 Å². The summed E-state index contributed by atoms with van der Waals surface area (Å²) in [5.41, 5.74) is 7.67. The summed E-state index contributed by atoms with van der Waals surface area (Å²) < 4.78 is 12.4. The van der Waals surface area contributed by atoms with Crippen molar-refractivity contribution in [1.29, 1.82) is 0 Å². The van der Waals surface area contributed by atoms with Crippen molar-refractivity contribution in [2.75, 3.05) is 36.7 Å². The number of hydrogen-bond donors (Lipinski definition) is 4. The lowest BCUT2D eigenvalue weighted by molar-refractivity contribution is -0.121. The summed E-state index contributed by atoms with van der Waals surface area (Å²) in [6.07, 6.45) is 10.1. The van der Waals surface area contributed by atoms with Gasteiger partial charge in [0.2, 0.25) is 11.9 Å². The van der Waals surface area contributed by atoms with E-state index in [1.807, 2.05) is 0 Å². The third-order valence-corrected chi connectivity index (χ3v) is 7.12. The molecule has 5 N–H and O–H groups in total. The van der Waals surface area contributed by atoms with Crippen LogP contribution in [-0.4, -0.2) is 51.9 Å². The molecule has 0 bridgehead atoms. The van der Waals surface area contributed by atoms with Gasteiger partial charge in [-0.05, 0) is 43.7 Å². The van der Waals surface area contributed by atoms with Crippen LogP contribution in [0.3, 0.4) is 0 Å². The summed E-state index contributed by atoms with van der Waals surface area (Å²) >= 11 is 0. The molecule has 40 heavy (non-hydrogen) atoms. The van der Waals surface area contributed by atoms with Crippen molar-refractivity contribution >= 4 is 40.6 Å².